The van der Waals surface area contributed by atoms with E-state index in [1.54, 1.807) is 31.2 Å². The number of para-hydroxylation sites is 1. The van der Waals surface area contributed by atoms with Crippen molar-refractivity contribution in [3.63, 3.8) is 0 Å². The van der Waals surface area contributed by atoms with Gasteiger partial charge in [0.05, 0.1) is 22.0 Å². The normalized spacial score (nSPS) is 17.3. The number of amides is 1. The van der Waals surface area contributed by atoms with Crippen LogP contribution in [0.1, 0.15) is 6.92 Å². The first-order valence-electron chi connectivity index (χ1n) is 7.27. The quantitative estimate of drug-likeness (QED) is 0.403. The molecular weight excluding hydrogens is 367 g/mol. The van der Waals surface area contributed by atoms with Crippen LogP contribution in [0.3, 0.4) is 0 Å². The fourth-order valence-electron chi connectivity index (χ4n) is 2.25. The first-order valence-corrected chi connectivity index (χ1v) is 8.68. The number of nitrogens with zero attached hydrogens (tertiary/aromatic N) is 4. The summed E-state index contributed by atoms with van der Waals surface area (Å²) in [5, 5.41) is 13.4. The molecule has 0 saturated carbocycles. The van der Waals surface area contributed by atoms with Crippen molar-refractivity contribution in [2.24, 2.45) is 15.3 Å². The van der Waals surface area contributed by atoms with Gasteiger partial charge in [0.25, 0.3) is 5.91 Å². The zero-order valence-electron chi connectivity index (χ0n) is 14.1. The summed E-state index contributed by atoms with van der Waals surface area (Å²) in [5.74, 6) is -0.328. The number of rotatable bonds is 4. The third-order valence-electron chi connectivity index (χ3n) is 3.51. The molecule has 1 aliphatic heterocycles. The van der Waals surface area contributed by atoms with Gasteiger partial charge in [0.15, 0.2) is 6.04 Å². The minimum atomic E-state index is -4.51. The molecule has 0 radical (unpaired) electrons. The van der Waals surface area contributed by atoms with Crippen molar-refractivity contribution in [1.29, 1.82) is 0 Å². The molecule has 0 fully saturated rings. The Morgan fingerprint density at radius 2 is 1.69 bits per heavy atom. The van der Waals surface area contributed by atoms with Crippen LogP contribution in [0, 0.1) is 0 Å². The maximum Gasteiger partial charge on any atom is 1.00 e. The molecule has 1 unspecified atom stereocenters. The van der Waals surface area contributed by atoms with Crippen LogP contribution in [-0.2, 0) is 14.9 Å². The number of hydrazone groups is 1. The molecule has 26 heavy (non-hydrogen) atoms. The maximum absolute atomic E-state index is 12.5. The number of carbonyl (C=O) groups excluding carboxylic acids is 1. The van der Waals surface area contributed by atoms with E-state index in [4.69, 9.17) is 0 Å². The molecule has 0 N–H and O–H groups in total. The molecule has 1 atom stereocenters. The van der Waals surface area contributed by atoms with Crippen LogP contribution < -0.4 is 34.6 Å². The summed E-state index contributed by atoms with van der Waals surface area (Å²) < 4.78 is 32.7. The fourth-order valence-corrected chi connectivity index (χ4v) is 2.72. The molecule has 1 amide bonds. The van der Waals surface area contributed by atoms with Gasteiger partial charge in [-0.25, -0.2) is 8.42 Å². The van der Waals surface area contributed by atoms with E-state index in [0.29, 0.717) is 17.1 Å². The molecule has 0 saturated heterocycles. The van der Waals surface area contributed by atoms with E-state index in [2.05, 4.69) is 15.3 Å². The molecular formula is C16H13N4NaO4S. The Kier molecular flexibility index (Phi) is 6.43. The van der Waals surface area contributed by atoms with Gasteiger partial charge in [-0.1, -0.05) is 18.2 Å². The molecule has 0 bridgehead atoms. The van der Waals surface area contributed by atoms with E-state index in [0.717, 1.165) is 12.1 Å². The zero-order valence-corrected chi connectivity index (χ0v) is 16.9. The van der Waals surface area contributed by atoms with E-state index in [1.165, 1.54) is 17.1 Å². The van der Waals surface area contributed by atoms with Crippen molar-refractivity contribution in [2.45, 2.75) is 17.9 Å². The van der Waals surface area contributed by atoms with Gasteiger partial charge >= 0.3 is 29.6 Å². The zero-order chi connectivity index (χ0) is 18.0. The first kappa shape index (κ1) is 20.4. The summed E-state index contributed by atoms with van der Waals surface area (Å²) in [6, 6.07) is 13.1. The number of carbonyl (C=O) groups is 1. The predicted octanol–water partition coefficient (Wildman–Crippen LogP) is -0.530. The second-order valence-corrected chi connectivity index (χ2v) is 6.67. The Hall–Kier alpha value is -1.91. The Morgan fingerprint density at radius 1 is 1.08 bits per heavy atom. The molecule has 3 rings (SSSR count). The number of azo groups is 1. The van der Waals surface area contributed by atoms with Crippen LogP contribution in [-0.4, -0.2) is 30.6 Å². The second kappa shape index (κ2) is 8.19. The summed E-state index contributed by atoms with van der Waals surface area (Å²) in [6.45, 7) is 1.68. The van der Waals surface area contributed by atoms with Crippen molar-refractivity contribution in [1.82, 2.24) is 0 Å². The van der Waals surface area contributed by atoms with E-state index in [-0.39, 0.29) is 40.4 Å². The van der Waals surface area contributed by atoms with Gasteiger partial charge in [-0.05, 0) is 43.3 Å². The van der Waals surface area contributed by atoms with Gasteiger partial charge < -0.3 is 4.55 Å². The largest absolute Gasteiger partial charge is 1.00 e. The number of hydrogen-bond donors (Lipinski definition) is 0. The van der Waals surface area contributed by atoms with Gasteiger partial charge in [-0.15, -0.1) is 0 Å². The average molecular weight is 380 g/mol. The standard InChI is InChI=1S/C16H14N4O4S.Na/c1-11-15(16(21)20(19-11)13-5-3-2-4-6-13)18-17-12-7-9-14(10-8-12)25(22,23)24;/h2-10,15H,1H3,(H,22,23,24);/q;+1/p-1. The third kappa shape index (κ3) is 4.43. The molecule has 1 heterocycles. The van der Waals surface area contributed by atoms with Crippen molar-refractivity contribution >= 4 is 33.1 Å². The predicted molar refractivity (Wildman–Crippen MR) is 89.7 cm³/mol. The molecule has 0 spiro atoms. The SMILES string of the molecule is CC1=NN(c2ccccc2)C(=O)C1N=Nc1ccc(S(=O)(=O)[O-])cc1.[Na+]. The second-order valence-electron chi connectivity index (χ2n) is 5.29. The molecule has 0 aromatic heterocycles. The van der Waals surface area contributed by atoms with Gasteiger partial charge in [0.2, 0.25) is 0 Å². The third-order valence-corrected chi connectivity index (χ3v) is 4.36. The maximum atomic E-state index is 12.5. The molecule has 1 aliphatic rings. The summed E-state index contributed by atoms with van der Waals surface area (Å²) in [6.07, 6.45) is 0. The summed E-state index contributed by atoms with van der Waals surface area (Å²) in [7, 11) is -4.51. The first-order chi connectivity index (χ1) is 11.9. The number of anilines is 1. The van der Waals surface area contributed by atoms with Crippen LogP contribution in [0.15, 0.2) is 74.8 Å². The van der Waals surface area contributed by atoms with Gasteiger partial charge in [-0.2, -0.15) is 20.3 Å². The van der Waals surface area contributed by atoms with Crippen LogP contribution in [0.2, 0.25) is 0 Å². The smallest absolute Gasteiger partial charge is 0.744 e. The van der Waals surface area contributed by atoms with E-state index in [9.17, 15) is 17.8 Å². The topological polar surface area (TPSA) is 115 Å². The van der Waals surface area contributed by atoms with Crippen molar-refractivity contribution in [3.05, 3.63) is 54.6 Å². The number of benzene rings is 2. The monoisotopic (exact) mass is 380 g/mol. The van der Waals surface area contributed by atoms with Crippen molar-refractivity contribution in [3.8, 4) is 0 Å². The number of hydrogen-bond acceptors (Lipinski definition) is 7. The van der Waals surface area contributed by atoms with Crippen LogP contribution in [0.25, 0.3) is 0 Å². The molecule has 128 valence electrons. The summed E-state index contributed by atoms with van der Waals surface area (Å²) >= 11 is 0. The van der Waals surface area contributed by atoms with Crippen molar-refractivity contribution in [2.75, 3.05) is 5.01 Å². The van der Waals surface area contributed by atoms with E-state index >= 15 is 0 Å². The molecule has 2 aromatic rings. The molecule has 2 aromatic carbocycles. The van der Waals surface area contributed by atoms with Crippen molar-refractivity contribution < 1.29 is 47.3 Å². The van der Waals surface area contributed by atoms with Gasteiger partial charge in [0, 0.05) is 0 Å². The molecule has 8 nitrogen and oxygen atoms in total. The fraction of sp³-hybridized carbons (Fsp3) is 0.125. The Morgan fingerprint density at radius 3 is 2.27 bits per heavy atom. The molecule has 0 aliphatic carbocycles. The minimum Gasteiger partial charge on any atom is -0.744 e. The van der Waals surface area contributed by atoms with E-state index in [1.807, 2.05) is 6.07 Å². The Balaban J connectivity index is 0.00000243. The Labute approximate surface area is 172 Å². The van der Waals surface area contributed by atoms with E-state index < -0.39 is 16.2 Å². The summed E-state index contributed by atoms with van der Waals surface area (Å²) in [4.78, 5) is 12.1. The van der Waals surface area contributed by atoms with Crippen LogP contribution in [0.4, 0.5) is 11.4 Å². The van der Waals surface area contributed by atoms with Gasteiger partial charge in [-0.3, -0.25) is 4.79 Å². The van der Waals surface area contributed by atoms with Crippen LogP contribution in [0.5, 0.6) is 0 Å². The molecule has 10 heteroatoms. The average Bonchev–Trinajstić information content (AvgIpc) is 2.88. The Bertz CT molecular complexity index is 960. The van der Waals surface area contributed by atoms with Gasteiger partial charge in [0.1, 0.15) is 10.1 Å². The van der Waals surface area contributed by atoms with Crippen LogP contribution >= 0.6 is 0 Å². The minimum absolute atomic E-state index is 0. The summed E-state index contributed by atoms with van der Waals surface area (Å²) in [5.41, 5.74) is 1.46.